The molecule has 0 aliphatic carbocycles. The molecule has 0 aliphatic heterocycles. The molecule has 0 spiro atoms. The van der Waals surface area contributed by atoms with Crippen LogP contribution in [0.5, 0.6) is 0 Å². The van der Waals surface area contributed by atoms with Crippen LogP contribution in [0.4, 0.5) is 0 Å². The molecule has 0 rings (SSSR count). The standard InChI is InChI=1S/C67H127NO5/c1-3-5-7-9-11-13-15-16-17-34-37-41-45-49-53-57-61-67(72)73-62-58-54-50-46-42-38-35-32-30-28-26-24-22-20-18-19-21-23-25-27-29-31-33-36-40-44-48-52-56-60-66(71)68-64(63-69)65(70)59-55-51-47-43-39-14-12-10-8-6-4-2/h17-18,20,34,55,59,64-65,69-70H,3-16,19,21-33,35-54,56-58,60-63H2,1-2H3,(H,68,71)/b20-18-,34-17-,59-55+. The summed E-state index contributed by atoms with van der Waals surface area (Å²) in [5, 5.41) is 23.0. The van der Waals surface area contributed by atoms with Crippen LogP contribution < -0.4 is 5.32 Å². The maximum Gasteiger partial charge on any atom is 0.305 e. The van der Waals surface area contributed by atoms with E-state index in [0.717, 1.165) is 44.9 Å². The molecule has 2 unspecified atom stereocenters. The molecule has 0 saturated carbocycles. The average Bonchev–Trinajstić information content (AvgIpc) is 3.39. The van der Waals surface area contributed by atoms with E-state index in [1.807, 2.05) is 6.08 Å². The second-order valence-corrected chi connectivity index (χ2v) is 22.4. The van der Waals surface area contributed by atoms with Crippen LogP contribution in [0, 0.1) is 0 Å². The van der Waals surface area contributed by atoms with Gasteiger partial charge in [0.05, 0.1) is 25.4 Å². The van der Waals surface area contributed by atoms with Gasteiger partial charge in [-0.25, -0.2) is 0 Å². The number of aliphatic hydroxyl groups excluding tert-OH is 2. The Balaban J connectivity index is 3.36. The zero-order valence-electron chi connectivity index (χ0n) is 49.1. The first-order valence-electron chi connectivity index (χ1n) is 32.8. The largest absolute Gasteiger partial charge is 0.466 e. The molecule has 6 nitrogen and oxygen atoms in total. The Morgan fingerprint density at radius 1 is 0.370 bits per heavy atom. The summed E-state index contributed by atoms with van der Waals surface area (Å²) < 4.78 is 5.49. The molecule has 0 bridgehead atoms. The first-order valence-corrected chi connectivity index (χ1v) is 32.8. The smallest absolute Gasteiger partial charge is 0.305 e. The summed E-state index contributed by atoms with van der Waals surface area (Å²) in [7, 11) is 0. The predicted molar refractivity (Wildman–Crippen MR) is 319 cm³/mol. The molecule has 0 fully saturated rings. The molecular formula is C67H127NO5. The molecule has 6 heteroatoms. The highest BCUT2D eigenvalue weighted by atomic mass is 16.5. The number of hydrogen-bond donors (Lipinski definition) is 3. The van der Waals surface area contributed by atoms with Crippen molar-refractivity contribution in [1.82, 2.24) is 5.32 Å². The maximum atomic E-state index is 12.4. The zero-order valence-corrected chi connectivity index (χ0v) is 49.1. The normalized spacial score (nSPS) is 12.8. The molecule has 0 saturated heterocycles. The highest BCUT2D eigenvalue weighted by molar-refractivity contribution is 5.76. The first-order chi connectivity index (χ1) is 36.0. The average molecular weight is 1030 g/mol. The van der Waals surface area contributed by atoms with Crippen molar-refractivity contribution in [2.24, 2.45) is 0 Å². The van der Waals surface area contributed by atoms with Crippen LogP contribution in [-0.4, -0.2) is 47.4 Å². The molecule has 0 aromatic rings. The molecule has 73 heavy (non-hydrogen) atoms. The molecule has 3 N–H and O–H groups in total. The summed E-state index contributed by atoms with van der Waals surface area (Å²) in [6, 6.07) is -0.626. The van der Waals surface area contributed by atoms with Crippen molar-refractivity contribution in [2.45, 2.75) is 366 Å². The van der Waals surface area contributed by atoms with Crippen LogP contribution in [0.15, 0.2) is 36.5 Å². The van der Waals surface area contributed by atoms with E-state index in [4.69, 9.17) is 4.74 Å². The summed E-state index contributed by atoms with van der Waals surface area (Å²) in [4.78, 5) is 24.5. The molecule has 430 valence electrons. The topological polar surface area (TPSA) is 95.9 Å². The second kappa shape index (κ2) is 62.6. The minimum absolute atomic E-state index is 0.00882. The van der Waals surface area contributed by atoms with E-state index in [9.17, 15) is 19.8 Å². The molecule has 0 aromatic carbocycles. The molecule has 0 aliphatic rings. The monoisotopic (exact) mass is 1030 g/mol. The summed E-state index contributed by atoms with van der Waals surface area (Å²) in [6.45, 7) is 4.90. The first kappa shape index (κ1) is 71.1. The number of carbonyl (C=O) groups excluding carboxylic acids is 2. The van der Waals surface area contributed by atoms with E-state index in [1.54, 1.807) is 6.08 Å². The quantitative estimate of drug-likeness (QED) is 0.0320. The van der Waals surface area contributed by atoms with E-state index in [2.05, 4.69) is 43.5 Å². The number of carbonyl (C=O) groups is 2. The van der Waals surface area contributed by atoms with Crippen molar-refractivity contribution in [3.8, 4) is 0 Å². The second-order valence-electron chi connectivity index (χ2n) is 22.4. The van der Waals surface area contributed by atoms with Crippen LogP contribution in [0.25, 0.3) is 0 Å². The Kier molecular flexibility index (Phi) is 61.0. The number of esters is 1. The lowest BCUT2D eigenvalue weighted by Crippen LogP contribution is -2.45. The van der Waals surface area contributed by atoms with E-state index < -0.39 is 12.1 Å². The number of allylic oxidation sites excluding steroid dienone is 5. The van der Waals surface area contributed by atoms with Gasteiger partial charge in [0.2, 0.25) is 5.91 Å². The Bertz CT molecular complexity index is 1180. The van der Waals surface area contributed by atoms with Crippen molar-refractivity contribution < 1.29 is 24.5 Å². The fraction of sp³-hybridized carbons (Fsp3) is 0.881. The minimum atomic E-state index is -0.842. The van der Waals surface area contributed by atoms with Crippen LogP contribution >= 0.6 is 0 Å². The number of hydrogen-bond acceptors (Lipinski definition) is 5. The lowest BCUT2D eigenvalue weighted by atomic mass is 10.0. The van der Waals surface area contributed by atoms with Gasteiger partial charge < -0.3 is 20.3 Å². The highest BCUT2D eigenvalue weighted by Crippen LogP contribution is 2.17. The van der Waals surface area contributed by atoms with Gasteiger partial charge >= 0.3 is 5.97 Å². The van der Waals surface area contributed by atoms with Crippen LogP contribution in [0.1, 0.15) is 354 Å². The van der Waals surface area contributed by atoms with Gasteiger partial charge in [0, 0.05) is 12.8 Å². The van der Waals surface area contributed by atoms with Crippen LogP contribution in [-0.2, 0) is 14.3 Å². The highest BCUT2D eigenvalue weighted by Gasteiger charge is 2.18. The van der Waals surface area contributed by atoms with Crippen molar-refractivity contribution in [3.05, 3.63) is 36.5 Å². The fourth-order valence-electron chi connectivity index (χ4n) is 10.1. The van der Waals surface area contributed by atoms with Crippen molar-refractivity contribution in [3.63, 3.8) is 0 Å². The van der Waals surface area contributed by atoms with E-state index >= 15 is 0 Å². The molecular weight excluding hydrogens is 899 g/mol. The molecule has 0 aromatic heterocycles. The van der Waals surface area contributed by atoms with E-state index in [0.29, 0.717) is 19.4 Å². The number of aliphatic hydroxyl groups is 2. The minimum Gasteiger partial charge on any atom is -0.466 e. The number of amides is 1. The summed E-state index contributed by atoms with van der Waals surface area (Å²) in [5.41, 5.74) is 0. The molecule has 2 atom stereocenters. The van der Waals surface area contributed by atoms with Gasteiger partial charge in [-0.3, -0.25) is 9.59 Å². The van der Waals surface area contributed by atoms with Crippen LogP contribution in [0.3, 0.4) is 0 Å². The van der Waals surface area contributed by atoms with Gasteiger partial charge in [-0.05, 0) is 83.5 Å². The van der Waals surface area contributed by atoms with E-state index in [-0.39, 0.29) is 18.5 Å². The number of unbranched alkanes of at least 4 members (excludes halogenated alkanes) is 46. The SMILES string of the molecule is CCCCCCCCC/C=C\CCCCCCCC(=O)OCCCCCCCCCCCCCC/C=C\CCCCCCCCCCCCCCCC(=O)NC(CO)C(O)/C=C/CCCCCCCCCCC. The number of nitrogens with one attached hydrogen (secondary N) is 1. The van der Waals surface area contributed by atoms with Crippen molar-refractivity contribution >= 4 is 11.9 Å². The van der Waals surface area contributed by atoms with Gasteiger partial charge in [0.25, 0.3) is 0 Å². The summed E-state index contributed by atoms with van der Waals surface area (Å²) in [5.74, 6) is -0.0588. The van der Waals surface area contributed by atoms with Gasteiger partial charge in [-0.2, -0.15) is 0 Å². The molecule has 1 amide bonds. The lowest BCUT2D eigenvalue weighted by Gasteiger charge is -2.20. The Hall–Kier alpha value is -1.92. The molecule has 0 heterocycles. The third-order valence-corrected chi connectivity index (χ3v) is 15.1. The molecule has 0 radical (unpaired) electrons. The van der Waals surface area contributed by atoms with Crippen molar-refractivity contribution in [2.75, 3.05) is 13.2 Å². The third-order valence-electron chi connectivity index (χ3n) is 15.1. The maximum absolute atomic E-state index is 12.4. The zero-order chi connectivity index (χ0) is 52.9. The number of ether oxygens (including phenoxy) is 1. The van der Waals surface area contributed by atoms with Gasteiger partial charge in [-0.15, -0.1) is 0 Å². The van der Waals surface area contributed by atoms with Crippen molar-refractivity contribution in [1.29, 1.82) is 0 Å². The number of rotatable bonds is 61. The van der Waals surface area contributed by atoms with Gasteiger partial charge in [-0.1, -0.05) is 294 Å². The fourth-order valence-corrected chi connectivity index (χ4v) is 10.1. The Morgan fingerprint density at radius 2 is 0.644 bits per heavy atom. The van der Waals surface area contributed by atoms with Gasteiger partial charge in [0.1, 0.15) is 0 Å². The summed E-state index contributed by atoms with van der Waals surface area (Å²) in [6.07, 6.45) is 79.3. The Morgan fingerprint density at radius 3 is 0.973 bits per heavy atom. The lowest BCUT2D eigenvalue weighted by molar-refractivity contribution is -0.143. The predicted octanol–water partition coefficient (Wildman–Crippen LogP) is 20.8. The van der Waals surface area contributed by atoms with Gasteiger partial charge in [0.15, 0.2) is 0 Å². The third kappa shape index (κ3) is 59.2. The summed E-state index contributed by atoms with van der Waals surface area (Å²) >= 11 is 0. The van der Waals surface area contributed by atoms with E-state index in [1.165, 1.54) is 283 Å². The Labute approximate surface area is 455 Å². The van der Waals surface area contributed by atoms with Crippen LogP contribution in [0.2, 0.25) is 0 Å².